The molecule has 5 heteroatoms. The molecule has 0 N–H and O–H groups in total. The standard InChI is InChI=1S/C12H14F2O3/c1-16-2-3-17-8-12(15)6-9-4-10(13)7-11(14)5-9/h4-5,7H,2-3,6,8H2,1H3. The van der Waals surface area contributed by atoms with Crippen LogP contribution in [-0.2, 0) is 20.7 Å². The highest BCUT2D eigenvalue weighted by Crippen LogP contribution is 2.08. The van der Waals surface area contributed by atoms with Crippen LogP contribution in [0.2, 0.25) is 0 Å². The monoisotopic (exact) mass is 244 g/mol. The SMILES string of the molecule is COCCOCC(=O)Cc1cc(F)cc(F)c1. The molecule has 94 valence electrons. The zero-order valence-electron chi connectivity index (χ0n) is 9.54. The normalized spacial score (nSPS) is 10.5. The number of hydrogen-bond donors (Lipinski definition) is 0. The summed E-state index contributed by atoms with van der Waals surface area (Å²) < 4.78 is 35.4. The van der Waals surface area contributed by atoms with Crippen molar-refractivity contribution in [3.63, 3.8) is 0 Å². The quantitative estimate of drug-likeness (QED) is 0.685. The van der Waals surface area contributed by atoms with Crippen molar-refractivity contribution in [2.24, 2.45) is 0 Å². The van der Waals surface area contributed by atoms with Crippen molar-refractivity contribution < 1.29 is 23.0 Å². The number of rotatable bonds is 7. The van der Waals surface area contributed by atoms with E-state index in [4.69, 9.17) is 9.47 Å². The summed E-state index contributed by atoms with van der Waals surface area (Å²) in [7, 11) is 1.53. The van der Waals surface area contributed by atoms with Gasteiger partial charge in [-0.25, -0.2) is 8.78 Å². The van der Waals surface area contributed by atoms with Gasteiger partial charge in [-0.3, -0.25) is 4.79 Å². The zero-order valence-corrected chi connectivity index (χ0v) is 9.54. The lowest BCUT2D eigenvalue weighted by molar-refractivity contribution is -0.123. The van der Waals surface area contributed by atoms with Gasteiger partial charge >= 0.3 is 0 Å². The van der Waals surface area contributed by atoms with Crippen LogP contribution in [0.3, 0.4) is 0 Å². The maximum Gasteiger partial charge on any atom is 0.162 e. The molecule has 0 aliphatic rings. The highest BCUT2D eigenvalue weighted by Gasteiger charge is 2.06. The Balaban J connectivity index is 2.39. The van der Waals surface area contributed by atoms with Gasteiger partial charge in [-0.1, -0.05) is 0 Å². The highest BCUT2D eigenvalue weighted by atomic mass is 19.1. The Morgan fingerprint density at radius 2 is 1.82 bits per heavy atom. The van der Waals surface area contributed by atoms with Gasteiger partial charge in [0, 0.05) is 19.6 Å². The van der Waals surface area contributed by atoms with Gasteiger partial charge in [0.25, 0.3) is 0 Å². The second-order valence-electron chi connectivity index (χ2n) is 3.54. The minimum Gasteiger partial charge on any atom is -0.382 e. The molecule has 0 aliphatic heterocycles. The van der Waals surface area contributed by atoms with Gasteiger partial charge in [0.2, 0.25) is 0 Å². The number of ether oxygens (including phenoxy) is 2. The molecular weight excluding hydrogens is 230 g/mol. The Morgan fingerprint density at radius 3 is 2.41 bits per heavy atom. The maximum absolute atomic E-state index is 12.8. The lowest BCUT2D eigenvalue weighted by atomic mass is 10.1. The van der Waals surface area contributed by atoms with Gasteiger partial charge in [-0.2, -0.15) is 0 Å². The number of hydrogen-bond acceptors (Lipinski definition) is 3. The highest BCUT2D eigenvalue weighted by molar-refractivity contribution is 5.82. The number of halogens is 2. The van der Waals surface area contributed by atoms with Crippen LogP contribution in [0.15, 0.2) is 18.2 Å². The number of benzene rings is 1. The van der Waals surface area contributed by atoms with Gasteiger partial charge in [-0.15, -0.1) is 0 Å². The molecule has 0 unspecified atom stereocenters. The summed E-state index contributed by atoms with van der Waals surface area (Å²) in [5.41, 5.74) is 0.308. The number of ketones is 1. The number of methoxy groups -OCH3 is 1. The van der Waals surface area contributed by atoms with Gasteiger partial charge in [0.1, 0.15) is 18.2 Å². The summed E-state index contributed by atoms with van der Waals surface area (Å²) >= 11 is 0. The molecule has 0 radical (unpaired) electrons. The van der Waals surface area contributed by atoms with E-state index >= 15 is 0 Å². The smallest absolute Gasteiger partial charge is 0.162 e. The van der Waals surface area contributed by atoms with E-state index in [0.29, 0.717) is 18.8 Å². The average molecular weight is 244 g/mol. The van der Waals surface area contributed by atoms with Crippen LogP contribution in [-0.4, -0.2) is 32.7 Å². The van der Waals surface area contributed by atoms with Crippen molar-refractivity contribution >= 4 is 5.78 Å². The van der Waals surface area contributed by atoms with Crippen LogP contribution in [0, 0.1) is 11.6 Å². The van der Waals surface area contributed by atoms with Crippen molar-refractivity contribution in [1.82, 2.24) is 0 Å². The molecule has 0 saturated heterocycles. The summed E-state index contributed by atoms with van der Waals surface area (Å²) in [5, 5.41) is 0. The van der Waals surface area contributed by atoms with Crippen LogP contribution in [0.25, 0.3) is 0 Å². The van der Waals surface area contributed by atoms with E-state index in [0.717, 1.165) is 18.2 Å². The topological polar surface area (TPSA) is 35.5 Å². The predicted molar refractivity (Wildman–Crippen MR) is 57.8 cm³/mol. The van der Waals surface area contributed by atoms with Gasteiger partial charge in [0.05, 0.1) is 13.2 Å². The van der Waals surface area contributed by atoms with Crippen LogP contribution >= 0.6 is 0 Å². The van der Waals surface area contributed by atoms with Crippen LogP contribution in [0.4, 0.5) is 8.78 Å². The molecule has 17 heavy (non-hydrogen) atoms. The second kappa shape index (κ2) is 7.09. The van der Waals surface area contributed by atoms with E-state index in [9.17, 15) is 13.6 Å². The molecule has 0 spiro atoms. The number of Topliss-reactive ketones (excluding diaryl/α,β-unsaturated/α-hetero) is 1. The second-order valence-corrected chi connectivity index (χ2v) is 3.54. The molecule has 0 heterocycles. The molecule has 0 atom stereocenters. The van der Waals surface area contributed by atoms with E-state index in [1.807, 2.05) is 0 Å². The average Bonchev–Trinajstić information content (AvgIpc) is 2.23. The lowest BCUT2D eigenvalue weighted by Crippen LogP contribution is -2.14. The minimum absolute atomic E-state index is 0.0400. The van der Waals surface area contributed by atoms with E-state index in [2.05, 4.69) is 0 Å². The lowest BCUT2D eigenvalue weighted by Gasteiger charge is -2.03. The number of carbonyl (C=O) groups is 1. The fourth-order valence-corrected chi connectivity index (χ4v) is 1.32. The van der Waals surface area contributed by atoms with Gasteiger partial charge in [0.15, 0.2) is 5.78 Å². The predicted octanol–water partition coefficient (Wildman–Crippen LogP) is 1.74. The Kier molecular flexibility index (Phi) is 5.72. The third-order valence-electron chi connectivity index (χ3n) is 2.02. The molecule has 0 aromatic heterocycles. The Labute approximate surface area is 98.3 Å². The Hall–Kier alpha value is -1.33. The van der Waals surface area contributed by atoms with Crippen molar-refractivity contribution in [3.8, 4) is 0 Å². The maximum atomic E-state index is 12.8. The van der Waals surface area contributed by atoms with E-state index in [-0.39, 0.29) is 18.8 Å². The van der Waals surface area contributed by atoms with Crippen molar-refractivity contribution in [2.75, 3.05) is 26.9 Å². The fraction of sp³-hybridized carbons (Fsp3) is 0.417. The molecule has 3 nitrogen and oxygen atoms in total. The van der Waals surface area contributed by atoms with Crippen molar-refractivity contribution in [3.05, 3.63) is 35.4 Å². The summed E-state index contributed by atoms with van der Waals surface area (Å²) in [5.74, 6) is -1.60. The van der Waals surface area contributed by atoms with Crippen molar-refractivity contribution in [2.45, 2.75) is 6.42 Å². The van der Waals surface area contributed by atoms with Crippen molar-refractivity contribution in [1.29, 1.82) is 0 Å². The van der Waals surface area contributed by atoms with Crippen LogP contribution in [0.1, 0.15) is 5.56 Å². The molecule has 0 fully saturated rings. The molecule has 0 aliphatic carbocycles. The van der Waals surface area contributed by atoms with Crippen LogP contribution < -0.4 is 0 Å². The summed E-state index contributed by atoms with van der Waals surface area (Å²) in [4.78, 5) is 11.4. The first-order valence-corrected chi connectivity index (χ1v) is 5.15. The van der Waals surface area contributed by atoms with Gasteiger partial charge < -0.3 is 9.47 Å². The minimum atomic E-state index is -0.687. The molecule has 1 aromatic carbocycles. The molecule has 0 amide bonds. The molecule has 0 bridgehead atoms. The first kappa shape index (κ1) is 13.7. The molecule has 0 saturated carbocycles. The van der Waals surface area contributed by atoms with E-state index in [1.165, 1.54) is 7.11 Å². The van der Waals surface area contributed by atoms with Gasteiger partial charge in [-0.05, 0) is 17.7 Å². The summed E-state index contributed by atoms with van der Waals surface area (Å²) in [6, 6.07) is 3.04. The summed E-state index contributed by atoms with van der Waals surface area (Å²) in [6.45, 7) is 0.642. The molecule has 1 rings (SSSR count). The summed E-state index contributed by atoms with van der Waals surface area (Å²) in [6.07, 6.45) is -0.0400. The molecule has 1 aromatic rings. The van der Waals surface area contributed by atoms with E-state index < -0.39 is 11.6 Å². The Bertz CT molecular complexity index is 360. The fourth-order valence-electron chi connectivity index (χ4n) is 1.32. The first-order chi connectivity index (χ1) is 8.11. The molecular formula is C12H14F2O3. The van der Waals surface area contributed by atoms with E-state index in [1.54, 1.807) is 0 Å². The third-order valence-corrected chi connectivity index (χ3v) is 2.02. The van der Waals surface area contributed by atoms with Crippen LogP contribution in [0.5, 0.6) is 0 Å². The Morgan fingerprint density at radius 1 is 1.18 bits per heavy atom. The zero-order chi connectivity index (χ0) is 12.7. The number of carbonyl (C=O) groups excluding carboxylic acids is 1. The first-order valence-electron chi connectivity index (χ1n) is 5.15. The largest absolute Gasteiger partial charge is 0.382 e. The third kappa shape index (κ3) is 5.51.